The number of aryl methyl sites for hydroxylation is 1. The molecule has 0 saturated heterocycles. The molecule has 0 bridgehead atoms. The van der Waals surface area contributed by atoms with Gasteiger partial charge in [0.05, 0.1) is 17.7 Å². The molecule has 0 aliphatic carbocycles. The molecule has 2 aromatic rings. The molecular weight excluding hydrogens is 426 g/mol. The predicted molar refractivity (Wildman–Crippen MR) is 101 cm³/mol. The first-order chi connectivity index (χ1) is 12.2. The van der Waals surface area contributed by atoms with Gasteiger partial charge in [-0.1, -0.05) is 26.5 Å². The third kappa shape index (κ3) is 4.39. The number of halogens is 1. The molecule has 0 spiro atoms. The zero-order chi connectivity index (χ0) is 19.5. The Balaban J connectivity index is 2.44. The number of hydrogen-bond acceptors (Lipinski definition) is 6. The van der Waals surface area contributed by atoms with Gasteiger partial charge in [-0.15, -0.1) is 0 Å². The number of nitro benzene ring substituents is 1. The zero-order valence-electron chi connectivity index (χ0n) is 14.4. The van der Waals surface area contributed by atoms with Crippen LogP contribution in [0.25, 0.3) is 0 Å². The van der Waals surface area contributed by atoms with Crippen molar-refractivity contribution in [3.63, 3.8) is 0 Å². The quantitative estimate of drug-likeness (QED) is 0.519. The second-order valence-corrected chi connectivity index (χ2v) is 8.28. The van der Waals surface area contributed by atoms with Crippen molar-refractivity contribution in [2.45, 2.75) is 18.4 Å². The number of nitro groups is 1. The summed E-state index contributed by atoms with van der Waals surface area (Å²) in [5.74, 6) is 0. The van der Waals surface area contributed by atoms with Crippen LogP contribution >= 0.6 is 15.9 Å². The molecule has 0 radical (unpaired) electrons. The lowest BCUT2D eigenvalue weighted by Gasteiger charge is -2.18. The lowest BCUT2D eigenvalue weighted by Crippen LogP contribution is -2.26. The Kier molecular flexibility index (Phi) is 6.34. The molecule has 0 aromatic heterocycles. The largest absolute Gasteiger partial charge is 0.380 e. The molecule has 8 nitrogen and oxygen atoms in total. The van der Waals surface area contributed by atoms with Crippen molar-refractivity contribution in [2.24, 2.45) is 0 Å². The molecule has 2 rings (SSSR count). The first kappa shape index (κ1) is 20.3. The second kappa shape index (κ2) is 8.12. The Bertz CT molecular complexity index is 933. The summed E-state index contributed by atoms with van der Waals surface area (Å²) in [6.07, 6.45) is 0. The second-order valence-electron chi connectivity index (χ2n) is 5.46. The van der Waals surface area contributed by atoms with E-state index in [4.69, 9.17) is 4.84 Å². The van der Waals surface area contributed by atoms with E-state index in [0.29, 0.717) is 11.0 Å². The maximum Gasteiger partial charge on any atom is 0.270 e. The molecule has 0 aliphatic rings. The van der Waals surface area contributed by atoms with Gasteiger partial charge in [-0.2, -0.15) is 0 Å². The summed E-state index contributed by atoms with van der Waals surface area (Å²) in [5.41, 5.74) is 1.92. The molecular formula is C16H18BrN3O5S. The van der Waals surface area contributed by atoms with Crippen LogP contribution in [0.3, 0.4) is 0 Å². The lowest BCUT2D eigenvalue weighted by atomic mass is 10.1. The van der Waals surface area contributed by atoms with Gasteiger partial charge >= 0.3 is 0 Å². The number of hydrogen-bond donors (Lipinski definition) is 1. The van der Waals surface area contributed by atoms with Gasteiger partial charge < -0.3 is 5.32 Å². The minimum atomic E-state index is -4.06. The van der Waals surface area contributed by atoms with E-state index >= 15 is 0 Å². The highest BCUT2D eigenvalue weighted by atomic mass is 79.9. The van der Waals surface area contributed by atoms with E-state index in [1.807, 2.05) is 25.1 Å². The van der Waals surface area contributed by atoms with E-state index in [9.17, 15) is 18.5 Å². The fourth-order valence-corrected chi connectivity index (χ4v) is 3.81. The minimum Gasteiger partial charge on any atom is -0.380 e. The molecule has 26 heavy (non-hydrogen) atoms. The summed E-state index contributed by atoms with van der Waals surface area (Å²) in [4.78, 5) is 14.9. The Morgan fingerprint density at radius 2 is 1.96 bits per heavy atom. The van der Waals surface area contributed by atoms with Gasteiger partial charge in [-0.05, 0) is 36.2 Å². The number of anilines is 1. The van der Waals surface area contributed by atoms with E-state index < -0.39 is 14.9 Å². The molecule has 0 unspecified atom stereocenters. The predicted octanol–water partition coefficient (Wildman–Crippen LogP) is 3.46. The summed E-state index contributed by atoms with van der Waals surface area (Å²) in [6, 6.07) is 9.41. The van der Waals surface area contributed by atoms with E-state index in [2.05, 4.69) is 21.2 Å². The van der Waals surface area contributed by atoms with Crippen molar-refractivity contribution < 1.29 is 18.2 Å². The maximum absolute atomic E-state index is 12.6. The van der Waals surface area contributed by atoms with Gasteiger partial charge in [0.25, 0.3) is 15.7 Å². The SMILES string of the molecule is CON(C)S(=O)(=O)c1cc([N+](=O)[O-])ccc1NCc1cc(Br)ccc1C. The van der Waals surface area contributed by atoms with Crippen molar-refractivity contribution in [1.82, 2.24) is 4.47 Å². The van der Waals surface area contributed by atoms with Crippen molar-refractivity contribution in [3.05, 3.63) is 62.1 Å². The van der Waals surface area contributed by atoms with Crippen molar-refractivity contribution in [3.8, 4) is 0 Å². The molecule has 0 amide bonds. The maximum atomic E-state index is 12.6. The Morgan fingerprint density at radius 1 is 1.27 bits per heavy atom. The minimum absolute atomic E-state index is 0.233. The average molecular weight is 444 g/mol. The summed E-state index contributed by atoms with van der Waals surface area (Å²) in [7, 11) is -1.64. The van der Waals surface area contributed by atoms with Gasteiger partial charge in [-0.25, -0.2) is 8.42 Å². The topological polar surface area (TPSA) is 102 Å². The average Bonchev–Trinajstić information content (AvgIpc) is 2.61. The van der Waals surface area contributed by atoms with Gasteiger partial charge in [0, 0.05) is 30.2 Å². The van der Waals surface area contributed by atoms with Crippen LogP contribution in [0.15, 0.2) is 45.8 Å². The molecule has 0 saturated carbocycles. The third-order valence-corrected chi connectivity index (χ3v) is 6.04. The Morgan fingerprint density at radius 3 is 2.58 bits per heavy atom. The number of sulfonamides is 1. The number of nitrogens with zero attached hydrogens (tertiary/aromatic N) is 2. The summed E-state index contributed by atoms with van der Waals surface area (Å²) < 4.78 is 26.8. The lowest BCUT2D eigenvalue weighted by molar-refractivity contribution is -0.385. The first-order valence-electron chi connectivity index (χ1n) is 7.47. The highest BCUT2D eigenvalue weighted by molar-refractivity contribution is 9.10. The molecule has 0 atom stereocenters. The van der Waals surface area contributed by atoms with E-state index in [-0.39, 0.29) is 16.3 Å². The Hall–Kier alpha value is -2.01. The highest BCUT2D eigenvalue weighted by Crippen LogP contribution is 2.29. The van der Waals surface area contributed by atoms with Crippen LogP contribution in [0.4, 0.5) is 11.4 Å². The molecule has 10 heteroatoms. The number of rotatable bonds is 7. The molecule has 0 heterocycles. The van der Waals surface area contributed by atoms with Crippen molar-refractivity contribution in [1.29, 1.82) is 0 Å². The van der Waals surface area contributed by atoms with E-state index in [1.165, 1.54) is 26.3 Å². The summed E-state index contributed by atoms with van der Waals surface area (Å²) in [5, 5.41) is 14.1. The van der Waals surface area contributed by atoms with Gasteiger partial charge in [0.15, 0.2) is 0 Å². The monoisotopic (exact) mass is 443 g/mol. The number of hydroxylamine groups is 1. The van der Waals surface area contributed by atoms with Gasteiger partial charge in [0.1, 0.15) is 4.90 Å². The van der Waals surface area contributed by atoms with Crippen molar-refractivity contribution in [2.75, 3.05) is 19.5 Å². The Labute approximate surface area is 160 Å². The first-order valence-corrected chi connectivity index (χ1v) is 9.70. The third-order valence-electron chi connectivity index (χ3n) is 3.83. The van der Waals surface area contributed by atoms with Gasteiger partial charge in [0.2, 0.25) is 0 Å². The standard InChI is InChI=1S/C16H18BrN3O5S/c1-11-4-5-13(17)8-12(11)10-18-15-7-6-14(20(21)22)9-16(15)26(23,24)19(2)25-3/h4-9,18H,10H2,1-3H3. The van der Waals surface area contributed by atoms with Crippen LogP contribution in [-0.2, 0) is 21.4 Å². The molecule has 0 aliphatic heterocycles. The fraction of sp³-hybridized carbons (Fsp3) is 0.250. The van der Waals surface area contributed by atoms with Crippen LogP contribution in [0.5, 0.6) is 0 Å². The van der Waals surface area contributed by atoms with Crippen LogP contribution in [0.1, 0.15) is 11.1 Å². The molecule has 1 N–H and O–H groups in total. The van der Waals surface area contributed by atoms with Crippen LogP contribution in [-0.4, -0.2) is 32.0 Å². The molecule has 140 valence electrons. The van der Waals surface area contributed by atoms with Gasteiger partial charge in [-0.3, -0.25) is 15.0 Å². The smallest absolute Gasteiger partial charge is 0.270 e. The number of non-ortho nitro benzene ring substituents is 1. The zero-order valence-corrected chi connectivity index (χ0v) is 16.8. The van der Waals surface area contributed by atoms with E-state index in [0.717, 1.165) is 21.7 Å². The van der Waals surface area contributed by atoms with Crippen LogP contribution in [0, 0.1) is 17.0 Å². The summed E-state index contributed by atoms with van der Waals surface area (Å²) in [6.45, 7) is 2.29. The molecule has 2 aromatic carbocycles. The number of nitrogens with one attached hydrogen (secondary N) is 1. The highest BCUT2D eigenvalue weighted by Gasteiger charge is 2.27. The van der Waals surface area contributed by atoms with Crippen LogP contribution in [0.2, 0.25) is 0 Å². The number of benzene rings is 2. The van der Waals surface area contributed by atoms with E-state index in [1.54, 1.807) is 0 Å². The molecule has 0 fully saturated rings. The summed E-state index contributed by atoms with van der Waals surface area (Å²) >= 11 is 3.40. The fourth-order valence-electron chi connectivity index (χ4n) is 2.24. The normalized spacial score (nSPS) is 11.6. The van der Waals surface area contributed by atoms with Crippen LogP contribution < -0.4 is 5.32 Å². The van der Waals surface area contributed by atoms with Crippen molar-refractivity contribution >= 4 is 37.3 Å².